The monoisotopic (exact) mass is 232 g/mol. The maximum atomic E-state index is 10.7. The maximum Gasteiger partial charge on any atom is 0.328 e. The molecule has 0 saturated carbocycles. The molecule has 0 spiro atoms. The van der Waals surface area contributed by atoms with Gasteiger partial charge in [-0.3, -0.25) is 10.1 Å². The molecule has 6 nitrogen and oxygen atoms in total. The van der Waals surface area contributed by atoms with E-state index in [1.54, 1.807) is 6.07 Å². The predicted molar refractivity (Wildman–Crippen MR) is 59.2 cm³/mol. The van der Waals surface area contributed by atoms with Gasteiger partial charge in [0.25, 0.3) is 5.69 Å². The van der Waals surface area contributed by atoms with E-state index in [4.69, 9.17) is 10.4 Å². The number of nitrogens with zero attached hydrogens (tertiary/aromatic N) is 2. The molecular formula is C11H8N2O4. The molecule has 0 bridgehead atoms. The van der Waals surface area contributed by atoms with Gasteiger partial charge in [-0.1, -0.05) is 0 Å². The van der Waals surface area contributed by atoms with E-state index in [0.717, 1.165) is 12.1 Å². The van der Waals surface area contributed by atoms with E-state index in [-0.39, 0.29) is 11.3 Å². The van der Waals surface area contributed by atoms with Crippen molar-refractivity contribution in [2.75, 3.05) is 0 Å². The zero-order valence-corrected chi connectivity index (χ0v) is 8.88. The summed E-state index contributed by atoms with van der Waals surface area (Å²) in [6.45, 7) is 1.53. The van der Waals surface area contributed by atoms with Crippen molar-refractivity contribution in [1.82, 2.24) is 0 Å². The van der Waals surface area contributed by atoms with Crippen molar-refractivity contribution in [1.29, 1.82) is 5.26 Å². The van der Waals surface area contributed by atoms with Gasteiger partial charge in [0.15, 0.2) is 0 Å². The summed E-state index contributed by atoms with van der Waals surface area (Å²) < 4.78 is 0. The van der Waals surface area contributed by atoms with Crippen LogP contribution >= 0.6 is 0 Å². The van der Waals surface area contributed by atoms with Crippen LogP contribution in [0.25, 0.3) is 6.08 Å². The summed E-state index contributed by atoms with van der Waals surface area (Å²) in [6.07, 6.45) is 2.11. The van der Waals surface area contributed by atoms with Crippen molar-refractivity contribution in [2.24, 2.45) is 0 Å². The highest BCUT2D eigenvalue weighted by Gasteiger charge is 2.14. The Morgan fingerprint density at radius 2 is 2.24 bits per heavy atom. The largest absolute Gasteiger partial charge is 0.478 e. The van der Waals surface area contributed by atoms with Gasteiger partial charge in [0, 0.05) is 17.7 Å². The summed E-state index contributed by atoms with van der Waals surface area (Å²) in [6, 6.07) is 4.34. The Kier molecular flexibility index (Phi) is 3.57. The maximum absolute atomic E-state index is 10.7. The first kappa shape index (κ1) is 12.4. The molecule has 1 N–H and O–H groups in total. The average molecular weight is 232 g/mol. The third-order valence-corrected chi connectivity index (χ3v) is 2.09. The lowest BCUT2D eigenvalue weighted by atomic mass is 10.0. The van der Waals surface area contributed by atoms with Gasteiger partial charge in [0.05, 0.1) is 10.5 Å². The van der Waals surface area contributed by atoms with Crippen LogP contribution in [0, 0.1) is 28.4 Å². The minimum absolute atomic E-state index is 0.0693. The van der Waals surface area contributed by atoms with Crippen LogP contribution in [0.1, 0.15) is 16.7 Å². The number of aliphatic carboxylic acids is 1. The SMILES string of the molecule is Cc1cc(/C=C/C(=O)O)c(C#N)cc1[N+](=O)[O-]. The Morgan fingerprint density at radius 3 is 2.71 bits per heavy atom. The number of carboxylic acid groups (broad SMARTS) is 1. The number of carbonyl (C=O) groups is 1. The molecule has 17 heavy (non-hydrogen) atoms. The molecular weight excluding hydrogens is 224 g/mol. The fraction of sp³-hybridized carbons (Fsp3) is 0.0909. The molecule has 0 atom stereocenters. The van der Waals surface area contributed by atoms with Crippen LogP contribution in [0.15, 0.2) is 18.2 Å². The zero-order valence-electron chi connectivity index (χ0n) is 8.88. The standard InChI is InChI=1S/C11H8N2O4/c1-7-4-8(2-3-11(14)15)9(6-12)5-10(7)13(16)17/h2-5H,1H3,(H,14,15)/b3-2+. The molecule has 0 aliphatic heterocycles. The highest BCUT2D eigenvalue weighted by molar-refractivity contribution is 5.86. The number of nitriles is 1. The lowest BCUT2D eigenvalue weighted by Crippen LogP contribution is -1.95. The quantitative estimate of drug-likeness (QED) is 0.486. The van der Waals surface area contributed by atoms with E-state index in [0.29, 0.717) is 11.1 Å². The average Bonchev–Trinajstić information content (AvgIpc) is 2.25. The Hall–Kier alpha value is -2.68. The highest BCUT2D eigenvalue weighted by Crippen LogP contribution is 2.23. The second kappa shape index (κ2) is 4.90. The minimum atomic E-state index is -1.15. The first-order valence-electron chi connectivity index (χ1n) is 4.56. The van der Waals surface area contributed by atoms with Gasteiger partial charge in [-0.2, -0.15) is 5.26 Å². The first-order chi connectivity index (χ1) is 7.95. The predicted octanol–water partition coefficient (Wildman–Crippen LogP) is 1.87. The number of rotatable bonds is 3. The smallest absolute Gasteiger partial charge is 0.328 e. The third kappa shape index (κ3) is 2.89. The van der Waals surface area contributed by atoms with E-state index in [1.807, 2.05) is 0 Å². The van der Waals surface area contributed by atoms with Gasteiger partial charge in [0.2, 0.25) is 0 Å². The molecule has 1 rings (SSSR count). The summed E-state index contributed by atoms with van der Waals surface area (Å²) in [4.78, 5) is 20.4. The summed E-state index contributed by atoms with van der Waals surface area (Å²) in [7, 11) is 0. The van der Waals surface area contributed by atoms with Gasteiger partial charge < -0.3 is 5.11 Å². The van der Waals surface area contributed by atoms with Crippen LogP contribution in [0.5, 0.6) is 0 Å². The number of hydrogen-bond acceptors (Lipinski definition) is 4. The molecule has 0 amide bonds. The number of carboxylic acids is 1. The van der Waals surface area contributed by atoms with Crippen LogP contribution < -0.4 is 0 Å². The van der Waals surface area contributed by atoms with E-state index in [2.05, 4.69) is 0 Å². The number of benzene rings is 1. The molecule has 0 heterocycles. The fourth-order valence-electron chi connectivity index (χ4n) is 1.31. The Morgan fingerprint density at radius 1 is 1.59 bits per heavy atom. The van der Waals surface area contributed by atoms with E-state index >= 15 is 0 Å². The number of nitro benzene ring substituents is 1. The van der Waals surface area contributed by atoms with Crippen LogP contribution in [0.4, 0.5) is 5.69 Å². The summed E-state index contributed by atoms with van der Waals surface area (Å²) in [5.74, 6) is -1.15. The molecule has 0 aliphatic rings. The molecule has 1 aromatic carbocycles. The Labute approximate surface area is 96.6 Å². The summed E-state index contributed by atoms with van der Waals surface area (Å²) in [5.41, 5.74) is 0.630. The molecule has 1 aromatic rings. The number of hydrogen-bond donors (Lipinski definition) is 1. The topological polar surface area (TPSA) is 104 Å². The number of nitro groups is 1. The van der Waals surface area contributed by atoms with E-state index in [9.17, 15) is 14.9 Å². The van der Waals surface area contributed by atoms with Gasteiger partial charge in [-0.15, -0.1) is 0 Å². The molecule has 86 valence electrons. The molecule has 0 aliphatic carbocycles. The lowest BCUT2D eigenvalue weighted by Gasteiger charge is -2.01. The van der Waals surface area contributed by atoms with Gasteiger partial charge in [-0.25, -0.2) is 4.79 Å². The third-order valence-electron chi connectivity index (χ3n) is 2.09. The van der Waals surface area contributed by atoms with Crippen molar-refractivity contribution in [3.63, 3.8) is 0 Å². The van der Waals surface area contributed by atoms with Crippen molar-refractivity contribution in [2.45, 2.75) is 6.92 Å². The molecule has 0 radical (unpaired) electrons. The Bertz CT molecular complexity index is 555. The number of aryl methyl sites for hydroxylation is 1. The zero-order chi connectivity index (χ0) is 13.0. The summed E-state index contributed by atoms with van der Waals surface area (Å²) in [5, 5.41) is 28.0. The second-order valence-corrected chi connectivity index (χ2v) is 3.27. The normalized spacial score (nSPS) is 10.1. The van der Waals surface area contributed by atoms with Gasteiger partial charge in [-0.05, 0) is 24.6 Å². The van der Waals surface area contributed by atoms with Crippen molar-refractivity contribution in [3.8, 4) is 6.07 Å². The molecule has 6 heteroatoms. The van der Waals surface area contributed by atoms with Crippen LogP contribution in [0.3, 0.4) is 0 Å². The van der Waals surface area contributed by atoms with Crippen molar-refractivity contribution in [3.05, 3.63) is 45.0 Å². The summed E-state index contributed by atoms with van der Waals surface area (Å²) >= 11 is 0. The van der Waals surface area contributed by atoms with Crippen LogP contribution in [-0.2, 0) is 4.79 Å². The van der Waals surface area contributed by atoms with E-state index < -0.39 is 10.9 Å². The van der Waals surface area contributed by atoms with Gasteiger partial charge in [0.1, 0.15) is 6.07 Å². The van der Waals surface area contributed by atoms with Crippen LogP contribution in [-0.4, -0.2) is 16.0 Å². The molecule has 0 unspecified atom stereocenters. The van der Waals surface area contributed by atoms with Crippen molar-refractivity contribution >= 4 is 17.7 Å². The lowest BCUT2D eigenvalue weighted by molar-refractivity contribution is -0.385. The van der Waals surface area contributed by atoms with E-state index in [1.165, 1.54) is 19.1 Å². The highest BCUT2D eigenvalue weighted by atomic mass is 16.6. The minimum Gasteiger partial charge on any atom is -0.478 e. The molecule has 0 aromatic heterocycles. The molecule has 0 saturated heterocycles. The van der Waals surface area contributed by atoms with Crippen molar-refractivity contribution < 1.29 is 14.8 Å². The fourth-order valence-corrected chi connectivity index (χ4v) is 1.31. The van der Waals surface area contributed by atoms with Gasteiger partial charge >= 0.3 is 5.97 Å². The molecule has 0 fully saturated rings. The first-order valence-corrected chi connectivity index (χ1v) is 4.56. The Balaban J connectivity index is 3.35. The second-order valence-electron chi connectivity index (χ2n) is 3.27. The van der Waals surface area contributed by atoms with Crippen LogP contribution in [0.2, 0.25) is 0 Å².